The van der Waals surface area contributed by atoms with Crippen LogP contribution in [-0.2, 0) is 19.4 Å². The van der Waals surface area contributed by atoms with E-state index in [2.05, 4.69) is 63.1 Å². The fourth-order valence-corrected chi connectivity index (χ4v) is 3.90. The summed E-state index contributed by atoms with van der Waals surface area (Å²) in [5, 5.41) is 0. The molecule has 0 radical (unpaired) electrons. The molecule has 0 aliphatic carbocycles. The first-order valence-electron chi connectivity index (χ1n) is 9.90. The van der Waals surface area contributed by atoms with Crippen molar-refractivity contribution in [2.24, 2.45) is 0 Å². The van der Waals surface area contributed by atoms with E-state index in [0.29, 0.717) is 0 Å². The van der Waals surface area contributed by atoms with Gasteiger partial charge in [0.25, 0.3) is 0 Å². The molecule has 2 aromatic rings. The molecule has 5 heteroatoms. The SMILES string of the molecule is CCN1CCN(c2ncc3c(n2)CCN(CCc2ccccc2)C3)CC1. The second-order valence-electron chi connectivity index (χ2n) is 7.32. The van der Waals surface area contributed by atoms with Crippen molar-refractivity contribution in [3.8, 4) is 0 Å². The Morgan fingerprint density at radius 3 is 2.54 bits per heavy atom. The fourth-order valence-electron chi connectivity index (χ4n) is 3.90. The first-order valence-corrected chi connectivity index (χ1v) is 9.90. The minimum absolute atomic E-state index is 0.928. The van der Waals surface area contributed by atoms with Crippen LogP contribution >= 0.6 is 0 Å². The molecule has 1 aromatic carbocycles. The van der Waals surface area contributed by atoms with Crippen molar-refractivity contribution in [2.75, 3.05) is 50.7 Å². The van der Waals surface area contributed by atoms with Crippen LogP contribution in [0.25, 0.3) is 0 Å². The third-order valence-electron chi connectivity index (χ3n) is 5.66. The molecular weight excluding hydrogens is 322 g/mol. The highest BCUT2D eigenvalue weighted by Gasteiger charge is 2.22. The molecule has 0 amide bonds. The zero-order valence-electron chi connectivity index (χ0n) is 15.8. The summed E-state index contributed by atoms with van der Waals surface area (Å²) < 4.78 is 0. The summed E-state index contributed by atoms with van der Waals surface area (Å²) in [5.41, 5.74) is 3.97. The second-order valence-corrected chi connectivity index (χ2v) is 7.32. The van der Waals surface area contributed by atoms with Gasteiger partial charge in [0, 0.05) is 64.0 Å². The Bertz CT molecular complexity index is 710. The fraction of sp³-hybridized carbons (Fsp3) is 0.524. The number of hydrogen-bond donors (Lipinski definition) is 0. The van der Waals surface area contributed by atoms with E-state index < -0.39 is 0 Å². The lowest BCUT2D eigenvalue weighted by Gasteiger charge is -2.35. The van der Waals surface area contributed by atoms with Crippen LogP contribution in [-0.4, -0.2) is 65.6 Å². The van der Waals surface area contributed by atoms with E-state index in [0.717, 1.165) is 71.1 Å². The molecule has 2 aliphatic rings. The van der Waals surface area contributed by atoms with Crippen LogP contribution in [0.4, 0.5) is 5.95 Å². The minimum atomic E-state index is 0.928. The number of anilines is 1. The zero-order chi connectivity index (χ0) is 17.8. The Hall–Kier alpha value is -1.98. The molecule has 2 aliphatic heterocycles. The number of nitrogens with zero attached hydrogens (tertiary/aromatic N) is 5. The van der Waals surface area contributed by atoms with E-state index >= 15 is 0 Å². The van der Waals surface area contributed by atoms with Gasteiger partial charge in [-0.3, -0.25) is 4.90 Å². The number of likely N-dealkylation sites (N-methyl/N-ethyl adjacent to an activating group) is 1. The summed E-state index contributed by atoms with van der Waals surface area (Å²) in [7, 11) is 0. The van der Waals surface area contributed by atoms with Crippen LogP contribution in [0.15, 0.2) is 36.5 Å². The van der Waals surface area contributed by atoms with E-state index in [1.54, 1.807) is 0 Å². The average molecular weight is 351 g/mol. The monoisotopic (exact) mass is 351 g/mol. The largest absolute Gasteiger partial charge is 0.338 e. The van der Waals surface area contributed by atoms with Crippen molar-refractivity contribution < 1.29 is 0 Å². The Morgan fingerprint density at radius 2 is 1.77 bits per heavy atom. The average Bonchev–Trinajstić information content (AvgIpc) is 2.72. The second kappa shape index (κ2) is 8.14. The lowest BCUT2D eigenvalue weighted by molar-refractivity contribution is 0.254. The Labute approximate surface area is 156 Å². The molecule has 0 bridgehead atoms. The molecule has 4 rings (SSSR count). The molecule has 1 saturated heterocycles. The normalized spacial score (nSPS) is 18.7. The number of benzene rings is 1. The highest BCUT2D eigenvalue weighted by molar-refractivity contribution is 5.35. The van der Waals surface area contributed by atoms with Crippen molar-refractivity contribution in [3.05, 3.63) is 53.3 Å². The van der Waals surface area contributed by atoms with Gasteiger partial charge >= 0.3 is 0 Å². The van der Waals surface area contributed by atoms with E-state index in [1.807, 2.05) is 0 Å². The van der Waals surface area contributed by atoms with Gasteiger partial charge in [0.2, 0.25) is 5.95 Å². The molecule has 0 N–H and O–H groups in total. The number of hydrogen-bond acceptors (Lipinski definition) is 5. The van der Waals surface area contributed by atoms with Crippen molar-refractivity contribution in [2.45, 2.75) is 26.3 Å². The minimum Gasteiger partial charge on any atom is -0.338 e. The topological polar surface area (TPSA) is 35.5 Å². The molecule has 1 fully saturated rings. The number of aromatic nitrogens is 2. The van der Waals surface area contributed by atoms with Gasteiger partial charge < -0.3 is 9.80 Å². The van der Waals surface area contributed by atoms with Crippen molar-refractivity contribution in [1.82, 2.24) is 19.8 Å². The third kappa shape index (κ3) is 4.05. The van der Waals surface area contributed by atoms with E-state index in [1.165, 1.54) is 16.8 Å². The maximum atomic E-state index is 4.91. The Morgan fingerprint density at radius 1 is 0.962 bits per heavy atom. The standard InChI is InChI=1S/C21H29N5/c1-2-24-12-14-26(15-13-24)21-22-16-19-17-25(11-9-20(19)23-21)10-8-18-6-4-3-5-7-18/h3-7,16H,2,8-15,17H2,1H3. The molecule has 1 aromatic heterocycles. The quantitative estimate of drug-likeness (QED) is 0.825. The first kappa shape index (κ1) is 17.4. The van der Waals surface area contributed by atoms with Crippen LogP contribution in [0, 0.1) is 0 Å². The summed E-state index contributed by atoms with van der Waals surface area (Å²) in [6.45, 7) is 10.8. The molecule has 0 saturated carbocycles. The van der Waals surface area contributed by atoms with Gasteiger partial charge in [-0.05, 0) is 18.5 Å². The van der Waals surface area contributed by atoms with Crippen LogP contribution in [0.1, 0.15) is 23.7 Å². The summed E-state index contributed by atoms with van der Waals surface area (Å²) in [5.74, 6) is 0.928. The molecule has 5 nitrogen and oxygen atoms in total. The van der Waals surface area contributed by atoms with Gasteiger partial charge in [0.15, 0.2) is 0 Å². The maximum absolute atomic E-state index is 4.91. The molecule has 3 heterocycles. The molecule has 0 unspecified atom stereocenters. The predicted octanol–water partition coefficient (Wildman–Crippen LogP) is 2.22. The molecule has 0 spiro atoms. The van der Waals surface area contributed by atoms with Crippen LogP contribution in [0.5, 0.6) is 0 Å². The lowest BCUT2D eigenvalue weighted by atomic mass is 10.1. The van der Waals surface area contributed by atoms with Crippen molar-refractivity contribution >= 4 is 5.95 Å². The summed E-state index contributed by atoms with van der Waals surface area (Å²) in [6, 6.07) is 10.8. The van der Waals surface area contributed by atoms with Crippen LogP contribution in [0.2, 0.25) is 0 Å². The summed E-state index contributed by atoms with van der Waals surface area (Å²) >= 11 is 0. The highest BCUT2D eigenvalue weighted by atomic mass is 15.3. The van der Waals surface area contributed by atoms with Gasteiger partial charge in [-0.25, -0.2) is 9.97 Å². The van der Waals surface area contributed by atoms with Gasteiger partial charge in [0.05, 0.1) is 5.69 Å². The zero-order valence-corrected chi connectivity index (χ0v) is 15.8. The van der Waals surface area contributed by atoms with E-state index in [4.69, 9.17) is 4.98 Å². The predicted molar refractivity (Wildman–Crippen MR) is 105 cm³/mol. The van der Waals surface area contributed by atoms with Crippen LogP contribution in [0.3, 0.4) is 0 Å². The van der Waals surface area contributed by atoms with Crippen LogP contribution < -0.4 is 4.90 Å². The maximum Gasteiger partial charge on any atom is 0.225 e. The smallest absolute Gasteiger partial charge is 0.225 e. The number of rotatable bonds is 5. The van der Waals surface area contributed by atoms with Crippen molar-refractivity contribution in [1.29, 1.82) is 0 Å². The molecule has 26 heavy (non-hydrogen) atoms. The molecule has 0 atom stereocenters. The highest BCUT2D eigenvalue weighted by Crippen LogP contribution is 2.20. The molecular formula is C21H29N5. The summed E-state index contributed by atoms with van der Waals surface area (Å²) in [6.07, 6.45) is 4.21. The third-order valence-corrected chi connectivity index (χ3v) is 5.66. The number of fused-ring (bicyclic) bond motifs is 1. The lowest BCUT2D eigenvalue weighted by Crippen LogP contribution is -2.47. The molecule has 138 valence electrons. The Kier molecular flexibility index (Phi) is 5.46. The van der Waals surface area contributed by atoms with Gasteiger partial charge in [-0.15, -0.1) is 0 Å². The van der Waals surface area contributed by atoms with Gasteiger partial charge in [-0.1, -0.05) is 37.3 Å². The van der Waals surface area contributed by atoms with E-state index in [9.17, 15) is 0 Å². The van der Waals surface area contributed by atoms with Gasteiger partial charge in [-0.2, -0.15) is 0 Å². The Balaban J connectivity index is 1.35. The number of piperazine rings is 1. The van der Waals surface area contributed by atoms with Crippen molar-refractivity contribution in [3.63, 3.8) is 0 Å². The van der Waals surface area contributed by atoms with Gasteiger partial charge in [0.1, 0.15) is 0 Å². The first-order chi connectivity index (χ1) is 12.8. The van der Waals surface area contributed by atoms with E-state index in [-0.39, 0.29) is 0 Å². The summed E-state index contributed by atoms with van der Waals surface area (Å²) in [4.78, 5) is 17.0.